The molecule has 190 valence electrons. The molecule has 1 aliphatic rings. The zero-order valence-corrected chi connectivity index (χ0v) is 20.3. The number of anilines is 1. The number of alkyl halides is 2. The summed E-state index contributed by atoms with van der Waals surface area (Å²) in [6.07, 6.45) is 6.28. The molecule has 13 heteroatoms. The van der Waals surface area contributed by atoms with Gasteiger partial charge in [0.05, 0.1) is 35.0 Å². The van der Waals surface area contributed by atoms with Crippen molar-refractivity contribution in [3.8, 4) is 11.7 Å². The lowest BCUT2D eigenvalue weighted by atomic mass is 10.1. The summed E-state index contributed by atoms with van der Waals surface area (Å²) in [7, 11) is 0. The first kappa shape index (κ1) is 24.8. The number of fused-ring (bicyclic) bond motifs is 1. The highest BCUT2D eigenvalue weighted by Crippen LogP contribution is 2.40. The van der Waals surface area contributed by atoms with Gasteiger partial charge in [0.1, 0.15) is 17.2 Å². The molecule has 1 N–H and O–H groups in total. The molecule has 1 fully saturated rings. The molecule has 0 bridgehead atoms. The smallest absolute Gasteiger partial charge is 0.341 e. The van der Waals surface area contributed by atoms with E-state index >= 15 is 0 Å². The van der Waals surface area contributed by atoms with Crippen LogP contribution in [0.15, 0.2) is 60.0 Å². The fraction of sp³-hybridized carbons (Fsp3) is 0.208. The summed E-state index contributed by atoms with van der Waals surface area (Å²) in [5, 5.41) is 9.78. The van der Waals surface area contributed by atoms with E-state index in [9.17, 15) is 23.5 Å². The Bertz CT molecular complexity index is 1570. The zero-order valence-electron chi connectivity index (χ0n) is 18.8. The monoisotopic (exact) mass is 547 g/mol. The number of carboxylic acid groups (broad SMARTS) is 1. The minimum absolute atomic E-state index is 0.00333. The number of pyridine rings is 2. The van der Waals surface area contributed by atoms with Crippen molar-refractivity contribution in [1.29, 1.82) is 0 Å². The average Bonchev–Trinajstić information content (AvgIpc) is 3.18. The van der Waals surface area contributed by atoms with Gasteiger partial charge in [0.2, 0.25) is 11.3 Å². The van der Waals surface area contributed by atoms with Gasteiger partial charge < -0.3 is 14.7 Å². The lowest BCUT2D eigenvalue weighted by Crippen LogP contribution is -2.35. The Labute approximate surface area is 217 Å². The van der Waals surface area contributed by atoms with E-state index in [2.05, 4.69) is 15.0 Å². The Hall–Kier alpha value is -3.83. The molecule has 0 amide bonds. The Kier molecular flexibility index (Phi) is 6.42. The van der Waals surface area contributed by atoms with Crippen molar-refractivity contribution in [1.82, 2.24) is 19.5 Å². The molecule has 3 aromatic heterocycles. The number of halogens is 4. The zero-order chi connectivity index (χ0) is 26.3. The van der Waals surface area contributed by atoms with Gasteiger partial charge in [0.25, 0.3) is 5.92 Å². The maximum atomic E-state index is 14.6. The summed E-state index contributed by atoms with van der Waals surface area (Å²) >= 11 is 12.6. The number of nitrogens with zero attached hydrogens (tertiary/aromatic N) is 5. The molecule has 1 aliphatic heterocycles. The van der Waals surface area contributed by atoms with Crippen LogP contribution in [0.5, 0.6) is 5.88 Å². The maximum Gasteiger partial charge on any atom is 0.341 e. The molecule has 0 unspecified atom stereocenters. The molecule has 0 aliphatic carbocycles. The van der Waals surface area contributed by atoms with Crippen LogP contribution in [0, 0.1) is 0 Å². The van der Waals surface area contributed by atoms with Crippen LogP contribution in [0.25, 0.3) is 16.7 Å². The SMILES string of the molecule is O=C(O)c1cn(-c2cnccn2)c2cc(N3CC(F)(F)C[C@@H]3COc3ncccc3Cl)c(Cl)cc2c1=O. The molecule has 1 atom stereocenters. The van der Waals surface area contributed by atoms with E-state index < -0.39 is 41.9 Å². The third kappa shape index (κ3) is 4.79. The topological polar surface area (TPSA) is 110 Å². The van der Waals surface area contributed by atoms with E-state index in [1.54, 1.807) is 12.1 Å². The Morgan fingerprint density at radius 2 is 2.00 bits per heavy atom. The van der Waals surface area contributed by atoms with Crippen LogP contribution >= 0.6 is 23.2 Å². The van der Waals surface area contributed by atoms with Crippen molar-refractivity contribution >= 4 is 45.8 Å². The highest BCUT2D eigenvalue weighted by atomic mass is 35.5. The van der Waals surface area contributed by atoms with E-state index in [0.717, 1.165) is 6.20 Å². The number of carbonyl (C=O) groups is 1. The quantitative estimate of drug-likeness (QED) is 0.376. The lowest BCUT2D eigenvalue weighted by molar-refractivity contribution is 0.0205. The minimum Gasteiger partial charge on any atom is -0.477 e. The summed E-state index contributed by atoms with van der Waals surface area (Å²) in [6, 6.07) is 5.12. The van der Waals surface area contributed by atoms with Gasteiger partial charge in [-0.05, 0) is 24.3 Å². The first-order chi connectivity index (χ1) is 17.6. The molecule has 4 heterocycles. The summed E-state index contributed by atoms with van der Waals surface area (Å²) in [5.74, 6) is -4.14. The number of hydrogen-bond donors (Lipinski definition) is 1. The van der Waals surface area contributed by atoms with Crippen molar-refractivity contribution < 1.29 is 23.4 Å². The molecule has 0 spiro atoms. The number of hydrogen-bond acceptors (Lipinski definition) is 7. The fourth-order valence-electron chi connectivity index (χ4n) is 4.29. The van der Waals surface area contributed by atoms with Crippen LogP contribution in [0.1, 0.15) is 16.8 Å². The molecule has 0 saturated carbocycles. The van der Waals surface area contributed by atoms with Crippen molar-refractivity contribution in [2.24, 2.45) is 0 Å². The average molecular weight is 548 g/mol. The van der Waals surface area contributed by atoms with E-state index in [0.29, 0.717) is 0 Å². The number of aromatic carboxylic acids is 1. The van der Waals surface area contributed by atoms with E-state index in [1.165, 1.54) is 46.4 Å². The molecule has 1 saturated heterocycles. The normalized spacial score (nSPS) is 16.8. The minimum atomic E-state index is -3.04. The van der Waals surface area contributed by atoms with Gasteiger partial charge >= 0.3 is 5.97 Å². The summed E-state index contributed by atoms with van der Waals surface area (Å²) < 4.78 is 36.2. The lowest BCUT2D eigenvalue weighted by Gasteiger charge is -2.27. The molecular formula is C24H17Cl2F2N5O4. The highest BCUT2D eigenvalue weighted by molar-refractivity contribution is 6.34. The maximum absolute atomic E-state index is 14.6. The Morgan fingerprint density at radius 1 is 1.19 bits per heavy atom. The van der Waals surface area contributed by atoms with Gasteiger partial charge in [-0.3, -0.25) is 14.3 Å². The van der Waals surface area contributed by atoms with Crippen molar-refractivity contribution in [3.05, 3.63) is 81.1 Å². The van der Waals surface area contributed by atoms with Crippen LogP contribution < -0.4 is 15.1 Å². The van der Waals surface area contributed by atoms with Gasteiger partial charge in [-0.25, -0.2) is 23.5 Å². The van der Waals surface area contributed by atoms with Crippen LogP contribution in [-0.4, -0.2) is 55.7 Å². The van der Waals surface area contributed by atoms with Crippen LogP contribution in [0.3, 0.4) is 0 Å². The molecule has 5 rings (SSSR count). The first-order valence-electron chi connectivity index (χ1n) is 10.9. The number of carboxylic acids is 1. The highest BCUT2D eigenvalue weighted by Gasteiger charge is 2.46. The number of rotatable bonds is 6. The second-order valence-electron chi connectivity index (χ2n) is 8.37. The van der Waals surface area contributed by atoms with Crippen LogP contribution in [0.4, 0.5) is 14.5 Å². The largest absolute Gasteiger partial charge is 0.477 e. The molecular weight excluding hydrogens is 531 g/mol. The molecule has 0 radical (unpaired) electrons. The van der Waals surface area contributed by atoms with Crippen LogP contribution in [0.2, 0.25) is 10.0 Å². The summed E-state index contributed by atoms with van der Waals surface area (Å²) in [5.41, 5.74) is -0.842. The Morgan fingerprint density at radius 3 is 2.70 bits per heavy atom. The third-order valence-corrected chi connectivity index (χ3v) is 6.51. The van der Waals surface area contributed by atoms with Gasteiger partial charge in [-0.15, -0.1) is 0 Å². The van der Waals surface area contributed by atoms with E-state index in [4.69, 9.17) is 27.9 Å². The third-order valence-electron chi connectivity index (χ3n) is 5.92. The second kappa shape index (κ2) is 9.56. The molecule has 4 aromatic rings. The molecule has 1 aromatic carbocycles. The second-order valence-corrected chi connectivity index (χ2v) is 9.19. The van der Waals surface area contributed by atoms with Gasteiger partial charge in [0.15, 0.2) is 5.82 Å². The van der Waals surface area contributed by atoms with Gasteiger partial charge in [0, 0.05) is 36.6 Å². The summed E-state index contributed by atoms with van der Waals surface area (Å²) in [6.45, 7) is -0.805. The van der Waals surface area contributed by atoms with Gasteiger partial charge in [-0.2, -0.15) is 0 Å². The molecule has 37 heavy (non-hydrogen) atoms. The number of benzene rings is 1. The van der Waals surface area contributed by atoms with E-state index in [1.807, 2.05) is 0 Å². The summed E-state index contributed by atoms with van der Waals surface area (Å²) in [4.78, 5) is 38.3. The van der Waals surface area contributed by atoms with Gasteiger partial charge in [-0.1, -0.05) is 23.2 Å². The first-order valence-corrected chi connectivity index (χ1v) is 11.7. The number of aromatic nitrogens is 4. The Balaban J connectivity index is 1.62. The van der Waals surface area contributed by atoms with Crippen LogP contribution in [-0.2, 0) is 0 Å². The van der Waals surface area contributed by atoms with Crippen molar-refractivity contribution in [2.45, 2.75) is 18.4 Å². The predicted molar refractivity (Wildman–Crippen MR) is 133 cm³/mol. The van der Waals surface area contributed by atoms with Crippen molar-refractivity contribution in [3.63, 3.8) is 0 Å². The molecule has 9 nitrogen and oxygen atoms in total. The fourth-order valence-corrected chi connectivity index (χ4v) is 4.74. The van der Waals surface area contributed by atoms with E-state index in [-0.39, 0.29) is 44.9 Å². The predicted octanol–water partition coefficient (Wildman–Crippen LogP) is 4.47. The standard InChI is InChI=1S/C24H17Cl2F2N5O4/c25-16-2-1-3-31-22(16)37-11-13-8-24(27,28)12-33(13)19-7-18-14(6-17(19)26)21(34)15(23(35)36)10-32(18)20-9-29-4-5-30-20/h1-7,9-10,13H,8,11-12H2,(H,35,36)/t13-/m1/s1. The number of ether oxygens (including phenoxy) is 1. The van der Waals surface area contributed by atoms with Crippen molar-refractivity contribution in [2.75, 3.05) is 18.1 Å².